The van der Waals surface area contributed by atoms with Crippen molar-refractivity contribution in [2.24, 2.45) is 17.8 Å². The van der Waals surface area contributed by atoms with Gasteiger partial charge in [0, 0.05) is 38.1 Å². The summed E-state index contributed by atoms with van der Waals surface area (Å²) >= 11 is 0. The summed E-state index contributed by atoms with van der Waals surface area (Å²) in [6.45, 7) is 2.24. The molecule has 0 spiro atoms. The first-order valence-electron chi connectivity index (χ1n) is 8.94. The van der Waals surface area contributed by atoms with Gasteiger partial charge in [0.15, 0.2) is 0 Å². The number of carbonyl (C=O) groups is 1. The van der Waals surface area contributed by atoms with Crippen LogP contribution >= 0.6 is 0 Å². The number of halogens is 1. The highest BCUT2D eigenvalue weighted by Gasteiger charge is 2.55. The molecule has 4 rings (SSSR count). The smallest absolute Gasteiger partial charge is 0.252 e. The Bertz CT molecular complexity index is 848. The normalized spacial score (nSPS) is 23.4. The molecule has 1 aliphatic carbocycles. The van der Waals surface area contributed by atoms with Crippen LogP contribution in [0.3, 0.4) is 0 Å². The summed E-state index contributed by atoms with van der Waals surface area (Å²) in [6, 6.07) is 3.71. The summed E-state index contributed by atoms with van der Waals surface area (Å²) in [4.78, 5) is 25.6. The Morgan fingerprint density at radius 3 is 2.89 bits per heavy atom. The zero-order valence-electron chi connectivity index (χ0n) is 14.6. The molecule has 2 aromatic heterocycles. The Morgan fingerprint density at radius 1 is 1.37 bits per heavy atom. The lowest BCUT2D eigenvalue weighted by atomic mass is 10.2. The quantitative estimate of drug-likeness (QED) is 0.752. The van der Waals surface area contributed by atoms with Crippen LogP contribution in [0, 0.1) is 23.6 Å². The number of amides is 1. The number of piperidine rings is 1. The van der Waals surface area contributed by atoms with E-state index < -0.39 is 11.7 Å². The maximum absolute atomic E-state index is 13.1. The lowest BCUT2D eigenvalue weighted by Gasteiger charge is -2.19. The minimum Gasteiger partial charge on any atom is -0.491 e. The van der Waals surface area contributed by atoms with Crippen LogP contribution in [0.15, 0.2) is 36.8 Å². The first-order valence-corrected chi connectivity index (χ1v) is 8.94. The van der Waals surface area contributed by atoms with Crippen molar-refractivity contribution in [1.82, 2.24) is 20.3 Å². The maximum atomic E-state index is 13.1. The third kappa shape index (κ3) is 3.89. The molecule has 1 aliphatic heterocycles. The van der Waals surface area contributed by atoms with E-state index in [0.717, 1.165) is 31.3 Å². The topological polar surface area (TPSA) is 91.2 Å². The fourth-order valence-electron chi connectivity index (χ4n) is 3.81. The third-order valence-corrected chi connectivity index (χ3v) is 5.26. The predicted octanol–water partition coefficient (Wildman–Crippen LogP) is 1.62. The van der Waals surface area contributed by atoms with Crippen molar-refractivity contribution >= 4 is 17.9 Å². The standard InChI is InChI=1S/C19H20FN5O2/c20-16-9-23-19(24-18(16)27)25-10-14-13(15(14)11-25)5-7-22-17(26)4-3-12-2-1-6-21-8-12/h1-4,6,8-9,13-15H,5,7,10-11H2,(H,22,26)(H,23,24,27)/b4-3+. The fourth-order valence-corrected chi connectivity index (χ4v) is 3.81. The van der Waals surface area contributed by atoms with Gasteiger partial charge in [0.25, 0.3) is 5.88 Å². The van der Waals surface area contributed by atoms with Gasteiger partial charge in [-0.3, -0.25) is 9.78 Å². The van der Waals surface area contributed by atoms with Crippen molar-refractivity contribution in [2.75, 3.05) is 24.5 Å². The number of aromatic hydroxyl groups is 1. The van der Waals surface area contributed by atoms with Crippen LogP contribution in [-0.4, -0.2) is 45.6 Å². The molecule has 2 atom stereocenters. The lowest BCUT2D eigenvalue weighted by molar-refractivity contribution is -0.116. The summed E-state index contributed by atoms with van der Waals surface area (Å²) in [7, 11) is 0. The molecule has 27 heavy (non-hydrogen) atoms. The van der Waals surface area contributed by atoms with E-state index in [-0.39, 0.29) is 5.91 Å². The van der Waals surface area contributed by atoms with Crippen LogP contribution in [0.5, 0.6) is 5.88 Å². The molecule has 7 nitrogen and oxygen atoms in total. The Labute approximate surface area is 156 Å². The number of pyridine rings is 1. The molecular weight excluding hydrogens is 349 g/mol. The van der Waals surface area contributed by atoms with E-state index in [2.05, 4.69) is 20.3 Å². The monoisotopic (exact) mass is 369 g/mol. The minimum atomic E-state index is -0.811. The molecule has 0 aromatic carbocycles. The molecule has 140 valence electrons. The molecular formula is C19H20FN5O2. The zero-order chi connectivity index (χ0) is 18.8. The molecule has 1 saturated heterocycles. The van der Waals surface area contributed by atoms with Gasteiger partial charge in [0.2, 0.25) is 17.7 Å². The van der Waals surface area contributed by atoms with Crippen molar-refractivity contribution in [3.05, 3.63) is 48.2 Å². The van der Waals surface area contributed by atoms with Gasteiger partial charge < -0.3 is 15.3 Å². The lowest BCUT2D eigenvalue weighted by Crippen LogP contribution is -2.27. The number of hydrogen-bond acceptors (Lipinski definition) is 6. The molecule has 0 bridgehead atoms. The number of hydrogen-bond donors (Lipinski definition) is 2. The Balaban J connectivity index is 1.19. The maximum Gasteiger partial charge on any atom is 0.252 e. The summed E-state index contributed by atoms with van der Waals surface area (Å²) in [5, 5.41) is 12.3. The zero-order valence-corrected chi connectivity index (χ0v) is 14.6. The van der Waals surface area contributed by atoms with Crippen molar-refractivity contribution in [1.29, 1.82) is 0 Å². The van der Waals surface area contributed by atoms with E-state index in [1.165, 1.54) is 6.08 Å². The van der Waals surface area contributed by atoms with E-state index in [1.807, 2.05) is 17.0 Å². The van der Waals surface area contributed by atoms with Crippen LogP contribution < -0.4 is 10.2 Å². The van der Waals surface area contributed by atoms with Crippen LogP contribution in [0.25, 0.3) is 6.08 Å². The largest absolute Gasteiger partial charge is 0.491 e. The highest BCUT2D eigenvalue weighted by molar-refractivity contribution is 5.91. The SMILES string of the molecule is O=C(/C=C/c1cccnc1)NCCC1C2CN(c3ncc(F)c(O)n3)CC12. The molecule has 2 aliphatic rings. The molecule has 1 saturated carbocycles. The van der Waals surface area contributed by atoms with Gasteiger partial charge in [0.1, 0.15) is 0 Å². The van der Waals surface area contributed by atoms with Gasteiger partial charge in [-0.2, -0.15) is 9.37 Å². The van der Waals surface area contributed by atoms with Crippen LogP contribution in [-0.2, 0) is 4.79 Å². The van der Waals surface area contributed by atoms with Crippen molar-refractivity contribution in [3.8, 4) is 5.88 Å². The predicted molar refractivity (Wildman–Crippen MR) is 97.2 cm³/mol. The molecule has 2 fully saturated rings. The van der Waals surface area contributed by atoms with Gasteiger partial charge in [-0.25, -0.2) is 4.98 Å². The van der Waals surface area contributed by atoms with Gasteiger partial charge >= 0.3 is 0 Å². The first-order chi connectivity index (χ1) is 13.1. The van der Waals surface area contributed by atoms with Gasteiger partial charge in [-0.15, -0.1) is 0 Å². The number of rotatable bonds is 6. The molecule has 3 heterocycles. The third-order valence-electron chi connectivity index (χ3n) is 5.26. The Kier molecular flexibility index (Phi) is 4.70. The van der Waals surface area contributed by atoms with Gasteiger partial charge in [-0.1, -0.05) is 6.07 Å². The molecule has 8 heteroatoms. The summed E-state index contributed by atoms with van der Waals surface area (Å²) < 4.78 is 13.1. The van der Waals surface area contributed by atoms with Crippen molar-refractivity contribution < 1.29 is 14.3 Å². The van der Waals surface area contributed by atoms with Crippen LogP contribution in [0.1, 0.15) is 12.0 Å². The van der Waals surface area contributed by atoms with E-state index in [4.69, 9.17) is 0 Å². The molecule has 2 unspecified atom stereocenters. The van der Waals surface area contributed by atoms with Gasteiger partial charge in [-0.05, 0) is 41.9 Å². The highest BCUT2D eigenvalue weighted by Crippen LogP contribution is 2.53. The molecule has 2 N–H and O–H groups in total. The van der Waals surface area contributed by atoms with Crippen LogP contribution in [0.2, 0.25) is 0 Å². The second-order valence-corrected chi connectivity index (χ2v) is 6.94. The number of carbonyl (C=O) groups excluding carboxylic acids is 1. The molecule has 1 amide bonds. The summed E-state index contributed by atoms with van der Waals surface area (Å²) in [5.74, 6) is 0.508. The number of nitrogens with zero attached hydrogens (tertiary/aromatic N) is 4. The Morgan fingerprint density at radius 2 is 2.19 bits per heavy atom. The number of fused-ring (bicyclic) bond motifs is 1. The number of aromatic nitrogens is 3. The van der Waals surface area contributed by atoms with E-state index in [1.54, 1.807) is 18.5 Å². The van der Waals surface area contributed by atoms with E-state index in [0.29, 0.717) is 30.2 Å². The average Bonchev–Trinajstić information content (AvgIpc) is 3.12. The highest BCUT2D eigenvalue weighted by atomic mass is 19.1. The summed E-state index contributed by atoms with van der Waals surface area (Å²) in [6.07, 6.45) is 8.58. The number of anilines is 1. The number of nitrogens with one attached hydrogen (secondary N) is 1. The van der Waals surface area contributed by atoms with E-state index >= 15 is 0 Å². The molecule has 0 radical (unpaired) electrons. The van der Waals surface area contributed by atoms with Gasteiger partial charge in [0.05, 0.1) is 6.20 Å². The first kappa shape index (κ1) is 17.4. The molecule has 2 aromatic rings. The fraction of sp³-hybridized carbons (Fsp3) is 0.368. The second-order valence-electron chi connectivity index (χ2n) is 6.94. The minimum absolute atomic E-state index is 0.110. The van der Waals surface area contributed by atoms with Crippen molar-refractivity contribution in [2.45, 2.75) is 6.42 Å². The summed E-state index contributed by atoms with van der Waals surface area (Å²) in [5.41, 5.74) is 0.888. The second kappa shape index (κ2) is 7.30. The average molecular weight is 369 g/mol. The van der Waals surface area contributed by atoms with E-state index in [9.17, 15) is 14.3 Å². The Hall–Kier alpha value is -3.03. The van der Waals surface area contributed by atoms with Crippen molar-refractivity contribution in [3.63, 3.8) is 0 Å². The van der Waals surface area contributed by atoms with Crippen LogP contribution in [0.4, 0.5) is 10.3 Å².